The molecular formula is C29H34FN3O. The van der Waals surface area contributed by atoms with E-state index >= 15 is 0 Å². The number of halogens is 1. The SMILES string of the molecule is CCCC(=O)NC(CC1CCC2=CC(=Nc3ccc(F)cc3)C(C=N)CC21C)c1ccccc1. The molecule has 2 aromatic rings. The fourth-order valence-corrected chi connectivity index (χ4v) is 5.62. The summed E-state index contributed by atoms with van der Waals surface area (Å²) in [6, 6.07) is 16.4. The second kappa shape index (κ2) is 10.5. The van der Waals surface area contributed by atoms with Crippen LogP contribution in [0.1, 0.15) is 64.0 Å². The van der Waals surface area contributed by atoms with E-state index in [2.05, 4.69) is 30.4 Å². The number of aliphatic imine (C=N–C) groups is 1. The molecule has 2 N–H and O–H groups in total. The number of benzene rings is 2. The van der Waals surface area contributed by atoms with Gasteiger partial charge in [0.05, 0.1) is 11.7 Å². The van der Waals surface area contributed by atoms with Gasteiger partial charge in [0.15, 0.2) is 0 Å². The van der Waals surface area contributed by atoms with Crippen LogP contribution >= 0.6 is 0 Å². The number of fused-ring (bicyclic) bond motifs is 1. The molecule has 5 heteroatoms. The number of hydrogen-bond acceptors (Lipinski definition) is 3. The Hall–Kier alpha value is -3.08. The summed E-state index contributed by atoms with van der Waals surface area (Å²) in [7, 11) is 0. The highest BCUT2D eigenvalue weighted by molar-refractivity contribution is 6.07. The molecule has 0 aromatic heterocycles. The fraction of sp³-hybridized carbons (Fsp3) is 0.414. The minimum atomic E-state index is -0.278. The third-order valence-electron chi connectivity index (χ3n) is 7.56. The van der Waals surface area contributed by atoms with Gasteiger partial charge >= 0.3 is 0 Å². The van der Waals surface area contributed by atoms with Crippen molar-refractivity contribution in [3.8, 4) is 0 Å². The first-order valence-corrected chi connectivity index (χ1v) is 12.3. The van der Waals surface area contributed by atoms with Gasteiger partial charge in [0, 0.05) is 24.3 Å². The molecule has 4 nitrogen and oxygen atoms in total. The van der Waals surface area contributed by atoms with Gasteiger partial charge in [-0.05, 0) is 79.3 Å². The summed E-state index contributed by atoms with van der Waals surface area (Å²) >= 11 is 0. The predicted octanol–water partition coefficient (Wildman–Crippen LogP) is 6.96. The Morgan fingerprint density at radius 2 is 1.97 bits per heavy atom. The van der Waals surface area contributed by atoms with Crippen molar-refractivity contribution in [2.75, 3.05) is 0 Å². The molecule has 2 aromatic carbocycles. The second-order valence-corrected chi connectivity index (χ2v) is 9.83. The molecule has 1 saturated carbocycles. The fourth-order valence-electron chi connectivity index (χ4n) is 5.62. The van der Waals surface area contributed by atoms with Crippen LogP contribution in [-0.2, 0) is 4.79 Å². The third-order valence-corrected chi connectivity index (χ3v) is 7.56. The minimum absolute atomic E-state index is 0.0193. The lowest BCUT2D eigenvalue weighted by Crippen LogP contribution is -2.37. The van der Waals surface area contributed by atoms with E-state index in [4.69, 9.17) is 10.4 Å². The Morgan fingerprint density at radius 3 is 2.65 bits per heavy atom. The number of carbonyl (C=O) groups excluding carboxylic acids is 1. The number of carbonyl (C=O) groups is 1. The molecule has 0 radical (unpaired) electrons. The van der Waals surface area contributed by atoms with Crippen LogP contribution in [-0.4, -0.2) is 17.8 Å². The Morgan fingerprint density at radius 1 is 1.24 bits per heavy atom. The average molecular weight is 460 g/mol. The van der Waals surface area contributed by atoms with Crippen molar-refractivity contribution >= 4 is 23.5 Å². The van der Waals surface area contributed by atoms with Gasteiger partial charge in [-0.1, -0.05) is 49.8 Å². The molecule has 1 amide bonds. The van der Waals surface area contributed by atoms with E-state index in [0.717, 1.165) is 43.4 Å². The Kier molecular flexibility index (Phi) is 7.40. The monoisotopic (exact) mass is 459 g/mol. The zero-order valence-corrected chi connectivity index (χ0v) is 20.1. The van der Waals surface area contributed by atoms with Gasteiger partial charge in [-0.15, -0.1) is 0 Å². The van der Waals surface area contributed by atoms with E-state index in [1.54, 1.807) is 12.1 Å². The molecule has 2 aliphatic rings. The largest absolute Gasteiger partial charge is 0.349 e. The Labute approximate surface area is 201 Å². The van der Waals surface area contributed by atoms with Crippen molar-refractivity contribution in [1.29, 1.82) is 5.41 Å². The number of nitrogens with one attached hydrogen (secondary N) is 2. The molecule has 4 rings (SSSR count). The lowest BCUT2D eigenvalue weighted by Gasteiger charge is -2.40. The summed E-state index contributed by atoms with van der Waals surface area (Å²) in [6.45, 7) is 4.34. The van der Waals surface area contributed by atoms with Gasteiger partial charge in [-0.3, -0.25) is 9.79 Å². The standard InChI is InChI=1S/C29H34FN3O/c1-3-7-28(34)33-26(20-8-5-4-6-9-20)16-22-10-11-23-17-27(21(19-31)18-29(22,23)2)32-25-14-12-24(30)13-15-25/h4-6,8-9,12-15,17,19,21-22,26,31H,3,7,10-11,16,18H2,1-2H3,(H,33,34). The van der Waals surface area contributed by atoms with Crippen LogP contribution in [0, 0.1) is 28.5 Å². The van der Waals surface area contributed by atoms with E-state index in [0.29, 0.717) is 18.0 Å². The highest BCUT2D eigenvalue weighted by atomic mass is 19.1. The molecule has 34 heavy (non-hydrogen) atoms. The highest BCUT2D eigenvalue weighted by Gasteiger charge is 2.47. The maximum Gasteiger partial charge on any atom is 0.220 e. The van der Waals surface area contributed by atoms with Crippen molar-refractivity contribution in [2.24, 2.45) is 22.2 Å². The first-order valence-electron chi connectivity index (χ1n) is 12.3. The minimum Gasteiger partial charge on any atom is -0.349 e. The summed E-state index contributed by atoms with van der Waals surface area (Å²) in [4.78, 5) is 17.3. The summed E-state index contributed by atoms with van der Waals surface area (Å²) in [6.07, 6.45) is 8.81. The zero-order chi connectivity index (χ0) is 24.1. The van der Waals surface area contributed by atoms with Crippen LogP contribution in [0.2, 0.25) is 0 Å². The van der Waals surface area contributed by atoms with Crippen molar-refractivity contribution in [3.63, 3.8) is 0 Å². The molecule has 4 unspecified atom stereocenters. The first kappa shape index (κ1) is 24.1. The second-order valence-electron chi connectivity index (χ2n) is 9.83. The number of amides is 1. The molecule has 0 spiro atoms. The van der Waals surface area contributed by atoms with Crippen LogP contribution in [0.25, 0.3) is 0 Å². The molecule has 4 atom stereocenters. The number of hydrogen-bond donors (Lipinski definition) is 2. The normalized spacial score (nSPS) is 26.0. The summed E-state index contributed by atoms with van der Waals surface area (Å²) in [5, 5.41) is 11.4. The van der Waals surface area contributed by atoms with Crippen LogP contribution in [0.3, 0.4) is 0 Å². The van der Waals surface area contributed by atoms with E-state index < -0.39 is 0 Å². The zero-order valence-electron chi connectivity index (χ0n) is 20.1. The quantitative estimate of drug-likeness (QED) is 0.412. The lowest BCUT2D eigenvalue weighted by molar-refractivity contribution is -0.122. The summed E-state index contributed by atoms with van der Waals surface area (Å²) in [5.74, 6) is 0.148. The summed E-state index contributed by atoms with van der Waals surface area (Å²) < 4.78 is 13.3. The van der Waals surface area contributed by atoms with Crippen molar-refractivity contribution in [2.45, 2.75) is 58.4 Å². The highest BCUT2D eigenvalue weighted by Crippen LogP contribution is 2.56. The van der Waals surface area contributed by atoms with Crippen LogP contribution in [0.15, 0.2) is 71.2 Å². The van der Waals surface area contributed by atoms with Crippen LogP contribution < -0.4 is 5.32 Å². The van der Waals surface area contributed by atoms with E-state index in [1.807, 2.05) is 25.1 Å². The third kappa shape index (κ3) is 5.19. The van der Waals surface area contributed by atoms with Gasteiger partial charge in [0.25, 0.3) is 0 Å². The summed E-state index contributed by atoms with van der Waals surface area (Å²) in [5.41, 5.74) is 4.08. The number of allylic oxidation sites excluding steroid dienone is 2. The van der Waals surface area contributed by atoms with Crippen molar-refractivity contribution < 1.29 is 9.18 Å². The smallest absolute Gasteiger partial charge is 0.220 e. The molecular weight excluding hydrogens is 425 g/mol. The van der Waals surface area contributed by atoms with Crippen molar-refractivity contribution in [3.05, 3.63) is 77.6 Å². The van der Waals surface area contributed by atoms with Gasteiger partial charge < -0.3 is 10.7 Å². The lowest BCUT2D eigenvalue weighted by atomic mass is 9.65. The van der Waals surface area contributed by atoms with E-state index in [-0.39, 0.29) is 29.1 Å². The van der Waals surface area contributed by atoms with E-state index in [9.17, 15) is 9.18 Å². The van der Waals surface area contributed by atoms with Crippen LogP contribution in [0.5, 0.6) is 0 Å². The average Bonchev–Trinajstić information content (AvgIpc) is 3.15. The maximum atomic E-state index is 13.3. The van der Waals surface area contributed by atoms with Gasteiger partial charge in [0.2, 0.25) is 5.91 Å². The molecule has 1 fully saturated rings. The Balaban J connectivity index is 1.60. The van der Waals surface area contributed by atoms with Gasteiger partial charge in [0.1, 0.15) is 5.82 Å². The van der Waals surface area contributed by atoms with Crippen molar-refractivity contribution in [1.82, 2.24) is 5.32 Å². The topological polar surface area (TPSA) is 65.3 Å². The predicted molar refractivity (Wildman–Crippen MR) is 136 cm³/mol. The molecule has 178 valence electrons. The molecule has 0 aliphatic heterocycles. The maximum absolute atomic E-state index is 13.3. The first-order chi connectivity index (χ1) is 16.4. The number of nitrogens with zero attached hydrogens (tertiary/aromatic N) is 1. The molecule has 0 bridgehead atoms. The van der Waals surface area contributed by atoms with Crippen LogP contribution in [0.4, 0.5) is 10.1 Å². The molecule has 0 saturated heterocycles. The van der Waals surface area contributed by atoms with E-state index in [1.165, 1.54) is 23.9 Å². The van der Waals surface area contributed by atoms with Gasteiger partial charge in [-0.2, -0.15) is 0 Å². The molecule has 0 heterocycles. The Bertz CT molecular complexity index is 1080. The number of rotatable bonds is 8. The van der Waals surface area contributed by atoms with Gasteiger partial charge in [-0.25, -0.2) is 4.39 Å². The molecule has 2 aliphatic carbocycles.